The number of anilines is 1. The van der Waals surface area contributed by atoms with E-state index < -0.39 is 23.9 Å². The van der Waals surface area contributed by atoms with Crippen molar-refractivity contribution in [1.82, 2.24) is 0 Å². The number of unbranched alkanes of at least 4 members (excludes halogenated alkanes) is 2. The number of Topliss-reactive ketones (excluding diaryl/α,β-unsaturated/α-hetero) is 1. The van der Waals surface area contributed by atoms with Gasteiger partial charge in [0.15, 0.2) is 5.78 Å². The molecule has 0 heterocycles. The predicted octanol–water partition coefficient (Wildman–Crippen LogP) is 8.71. The van der Waals surface area contributed by atoms with Crippen molar-refractivity contribution in [2.24, 2.45) is 0 Å². The predicted molar refractivity (Wildman–Crippen MR) is 173 cm³/mol. The van der Waals surface area contributed by atoms with Gasteiger partial charge in [-0.2, -0.15) is 0 Å². The number of carboxylic acids is 1. The van der Waals surface area contributed by atoms with Gasteiger partial charge in [-0.25, -0.2) is 9.59 Å². The number of nitrogens with one attached hydrogen (secondary N) is 1. The number of amides is 1. The van der Waals surface area contributed by atoms with Gasteiger partial charge in [-0.1, -0.05) is 74.6 Å². The third-order valence-corrected chi connectivity index (χ3v) is 6.25. The van der Waals surface area contributed by atoms with Crippen molar-refractivity contribution < 1.29 is 34.1 Å². The van der Waals surface area contributed by atoms with Crippen molar-refractivity contribution in [3.63, 3.8) is 0 Å². The molecule has 1 aromatic rings. The molecule has 0 saturated heterocycles. The first kappa shape index (κ1) is 37.1. The smallest absolute Gasteiger partial charge is 0.411 e. The van der Waals surface area contributed by atoms with E-state index in [0.29, 0.717) is 19.4 Å². The van der Waals surface area contributed by atoms with Gasteiger partial charge in [-0.3, -0.25) is 10.1 Å². The summed E-state index contributed by atoms with van der Waals surface area (Å²) >= 11 is 0. The van der Waals surface area contributed by atoms with Crippen LogP contribution in [0.15, 0.2) is 79.0 Å². The van der Waals surface area contributed by atoms with Gasteiger partial charge in [0.1, 0.15) is 17.4 Å². The second-order valence-corrected chi connectivity index (χ2v) is 9.84. The standard InChI is InChI=1S/C35H49NO7/c1-3-5-6-7-8-9-10-11-12-13-14-15-16-17-18-19-20-21-26-42-33(4-2)32(38)23-22-27-43-35(41)36-29-24-25-31(37)30(28-29)34(39)40/h5-6,8-9,11-12,14-15,17-18,24-25,28,33,37H,3-4,7,10,13,16,19-23,26-27H2,1-2H3,(H,36,41)(H,39,40)/b6-5-,9-8-,12-11-,15-14-,18-17-/t33-/m0/s1. The quantitative estimate of drug-likeness (QED) is 0.0657. The number of carbonyl (C=O) groups excluding carboxylic acids is 2. The number of carbonyl (C=O) groups is 3. The molecule has 0 aliphatic rings. The monoisotopic (exact) mass is 595 g/mol. The average Bonchev–Trinajstić information content (AvgIpc) is 2.99. The second kappa shape index (κ2) is 24.7. The molecule has 0 fully saturated rings. The van der Waals surface area contributed by atoms with E-state index in [0.717, 1.165) is 57.4 Å². The molecular formula is C35H49NO7. The van der Waals surface area contributed by atoms with Crippen LogP contribution in [0.25, 0.3) is 0 Å². The average molecular weight is 596 g/mol. The zero-order chi connectivity index (χ0) is 31.5. The van der Waals surface area contributed by atoms with E-state index in [1.165, 1.54) is 12.1 Å². The second-order valence-electron chi connectivity index (χ2n) is 9.84. The lowest BCUT2D eigenvalue weighted by Crippen LogP contribution is -2.24. The van der Waals surface area contributed by atoms with Gasteiger partial charge < -0.3 is 19.7 Å². The summed E-state index contributed by atoms with van der Waals surface area (Å²) in [5, 5.41) is 21.0. The summed E-state index contributed by atoms with van der Waals surface area (Å²) in [6.07, 6.45) is 29.6. The summed E-state index contributed by atoms with van der Waals surface area (Å²) in [5.41, 5.74) is -0.153. The first-order valence-electron chi connectivity index (χ1n) is 15.3. The van der Waals surface area contributed by atoms with Crippen LogP contribution in [0.4, 0.5) is 10.5 Å². The molecule has 8 heteroatoms. The Balaban J connectivity index is 2.10. The number of allylic oxidation sites excluding steroid dienone is 10. The minimum absolute atomic E-state index is 0.0195. The van der Waals surface area contributed by atoms with E-state index in [-0.39, 0.29) is 30.1 Å². The highest BCUT2D eigenvalue weighted by molar-refractivity contribution is 5.94. The van der Waals surface area contributed by atoms with Gasteiger partial charge in [-0.15, -0.1) is 0 Å². The minimum Gasteiger partial charge on any atom is -0.507 e. The third-order valence-electron chi connectivity index (χ3n) is 6.25. The molecule has 8 nitrogen and oxygen atoms in total. The zero-order valence-electron chi connectivity index (χ0n) is 25.7. The number of rotatable bonds is 23. The Hall–Kier alpha value is -3.91. The van der Waals surface area contributed by atoms with Gasteiger partial charge in [0, 0.05) is 18.7 Å². The van der Waals surface area contributed by atoms with Crippen molar-refractivity contribution in [3.05, 3.63) is 84.5 Å². The van der Waals surface area contributed by atoms with Gasteiger partial charge >= 0.3 is 12.1 Å². The van der Waals surface area contributed by atoms with Crippen LogP contribution in [0.1, 0.15) is 94.8 Å². The maximum Gasteiger partial charge on any atom is 0.411 e. The lowest BCUT2D eigenvalue weighted by molar-refractivity contribution is -0.131. The van der Waals surface area contributed by atoms with Crippen LogP contribution >= 0.6 is 0 Å². The van der Waals surface area contributed by atoms with E-state index >= 15 is 0 Å². The summed E-state index contributed by atoms with van der Waals surface area (Å²) in [4.78, 5) is 35.5. The van der Waals surface area contributed by atoms with E-state index in [9.17, 15) is 19.5 Å². The molecule has 0 saturated carbocycles. The highest BCUT2D eigenvalue weighted by Crippen LogP contribution is 2.21. The van der Waals surface area contributed by atoms with Crippen LogP contribution in [-0.2, 0) is 14.3 Å². The third kappa shape index (κ3) is 19.0. The van der Waals surface area contributed by atoms with Crippen LogP contribution in [0.3, 0.4) is 0 Å². The van der Waals surface area contributed by atoms with Gasteiger partial charge in [0.05, 0.1) is 6.61 Å². The molecule has 43 heavy (non-hydrogen) atoms. The number of aromatic hydroxyl groups is 1. The van der Waals surface area contributed by atoms with Crippen molar-refractivity contribution in [2.75, 3.05) is 18.5 Å². The SMILES string of the molecule is CC/C=C\C/C=C\C/C=C\C/C=C\C/C=C\CCCCO[C@@H](CC)C(=O)CCCOC(=O)Nc1ccc(O)c(C(=O)O)c1. The van der Waals surface area contributed by atoms with E-state index in [1.807, 2.05) is 6.92 Å². The van der Waals surface area contributed by atoms with Crippen molar-refractivity contribution in [3.8, 4) is 5.75 Å². The highest BCUT2D eigenvalue weighted by Gasteiger charge is 2.17. The molecule has 0 aliphatic heterocycles. The topological polar surface area (TPSA) is 122 Å². The molecule has 0 aliphatic carbocycles. The fraction of sp³-hybridized carbons (Fsp3) is 0.457. The Kier molecular flexibility index (Phi) is 21.3. The summed E-state index contributed by atoms with van der Waals surface area (Å²) in [7, 11) is 0. The fourth-order valence-electron chi connectivity index (χ4n) is 3.91. The molecule has 0 unspecified atom stereocenters. The number of hydrogen-bond acceptors (Lipinski definition) is 6. The Morgan fingerprint density at radius 2 is 1.42 bits per heavy atom. The minimum atomic E-state index is -1.31. The lowest BCUT2D eigenvalue weighted by Gasteiger charge is -2.15. The van der Waals surface area contributed by atoms with Gasteiger partial charge in [0.2, 0.25) is 0 Å². The van der Waals surface area contributed by atoms with Crippen molar-refractivity contribution in [2.45, 2.75) is 90.6 Å². The maximum absolute atomic E-state index is 12.5. The molecule has 0 radical (unpaired) electrons. The van der Waals surface area contributed by atoms with Gasteiger partial charge in [0.25, 0.3) is 0 Å². The number of aromatic carboxylic acids is 1. The zero-order valence-corrected chi connectivity index (χ0v) is 25.7. The highest BCUT2D eigenvalue weighted by atomic mass is 16.5. The molecule has 1 amide bonds. The number of ketones is 1. The van der Waals surface area contributed by atoms with Crippen LogP contribution in [-0.4, -0.2) is 47.4 Å². The normalized spacial score (nSPS) is 12.7. The molecule has 1 atom stereocenters. The lowest BCUT2D eigenvalue weighted by atomic mass is 10.1. The summed E-state index contributed by atoms with van der Waals surface area (Å²) in [5.74, 6) is -1.73. The van der Waals surface area contributed by atoms with E-state index in [1.54, 1.807) is 0 Å². The van der Waals surface area contributed by atoms with Crippen LogP contribution in [0.5, 0.6) is 5.75 Å². The Labute approximate surface area is 256 Å². The first-order valence-corrected chi connectivity index (χ1v) is 15.3. The van der Waals surface area contributed by atoms with Crippen LogP contribution < -0.4 is 5.32 Å². The van der Waals surface area contributed by atoms with Crippen LogP contribution in [0.2, 0.25) is 0 Å². The maximum atomic E-state index is 12.5. The van der Waals surface area contributed by atoms with Gasteiger partial charge in [-0.05, 0) is 82.4 Å². The van der Waals surface area contributed by atoms with E-state index in [4.69, 9.17) is 14.6 Å². The Morgan fingerprint density at radius 1 is 0.814 bits per heavy atom. The van der Waals surface area contributed by atoms with Crippen molar-refractivity contribution >= 4 is 23.5 Å². The number of carboxylic acid groups (broad SMARTS) is 1. The molecule has 1 rings (SSSR count). The van der Waals surface area contributed by atoms with Crippen molar-refractivity contribution in [1.29, 1.82) is 0 Å². The number of ether oxygens (including phenoxy) is 2. The van der Waals surface area contributed by atoms with E-state index in [2.05, 4.69) is 73.0 Å². The number of benzene rings is 1. The molecular weight excluding hydrogens is 546 g/mol. The Morgan fingerprint density at radius 3 is 2.00 bits per heavy atom. The van der Waals surface area contributed by atoms with Crippen LogP contribution in [0, 0.1) is 0 Å². The molecule has 0 bridgehead atoms. The molecule has 236 valence electrons. The molecule has 3 N–H and O–H groups in total. The molecule has 0 spiro atoms. The fourth-order valence-corrected chi connectivity index (χ4v) is 3.91. The summed E-state index contributed by atoms with van der Waals surface area (Å²) in [6, 6.07) is 3.67. The largest absolute Gasteiger partial charge is 0.507 e. The summed E-state index contributed by atoms with van der Waals surface area (Å²) in [6.45, 7) is 4.61. The summed E-state index contributed by atoms with van der Waals surface area (Å²) < 4.78 is 10.9. The number of phenols is 1. The molecule has 1 aromatic carbocycles. The molecule has 0 aromatic heterocycles. The number of hydrogen-bond donors (Lipinski definition) is 3. The Bertz CT molecular complexity index is 1100. The first-order chi connectivity index (χ1) is 20.9.